The second-order valence-electron chi connectivity index (χ2n) is 5.79. The Balaban J connectivity index is 2.46. The smallest absolute Gasteiger partial charge is 0.185 e. The van der Waals surface area contributed by atoms with Gasteiger partial charge in [-0.05, 0) is 60.9 Å². The molecule has 134 valence electrons. The van der Waals surface area contributed by atoms with E-state index in [0.717, 1.165) is 5.56 Å². The van der Waals surface area contributed by atoms with E-state index in [9.17, 15) is 9.90 Å². The Kier molecular flexibility index (Phi) is 6.39. The van der Waals surface area contributed by atoms with Crippen molar-refractivity contribution in [2.45, 2.75) is 12.8 Å². The predicted molar refractivity (Wildman–Crippen MR) is 107 cm³/mol. The van der Waals surface area contributed by atoms with Gasteiger partial charge in [-0.25, -0.2) is 0 Å². The molecule has 0 amide bonds. The van der Waals surface area contributed by atoms with Crippen LogP contribution in [-0.2, 0) is 12.8 Å². The Morgan fingerprint density at radius 3 is 2.42 bits per heavy atom. The Hall–Kier alpha value is -3.27. The molecule has 0 aliphatic heterocycles. The van der Waals surface area contributed by atoms with Crippen molar-refractivity contribution in [3.05, 3.63) is 84.0 Å². The fourth-order valence-electron chi connectivity index (χ4n) is 2.72. The Morgan fingerprint density at radius 1 is 1.19 bits per heavy atom. The Bertz CT molecular complexity index is 849. The number of benzene rings is 2. The number of hydrogen-bond acceptors (Lipinski definition) is 4. The van der Waals surface area contributed by atoms with Crippen LogP contribution in [0.5, 0.6) is 11.5 Å². The van der Waals surface area contributed by atoms with E-state index in [-0.39, 0.29) is 11.5 Å². The molecule has 2 aromatic rings. The summed E-state index contributed by atoms with van der Waals surface area (Å²) in [6.45, 7) is 7.45. The zero-order valence-electron chi connectivity index (χ0n) is 14.9. The number of nitrogen functional groups attached to an aromatic ring is 1. The summed E-state index contributed by atoms with van der Waals surface area (Å²) in [6, 6.07) is 8.54. The molecule has 0 fully saturated rings. The van der Waals surface area contributed by atoms with Crippen molar-refractivity contribution in [1.29, 1.82) is 0 Å². The SMILES string of the molecule is C=CCc1cc(C=CC(=O)c2ccc(N)cc2)c(OC)c(CC=C)c1O. The molecule has 0 aromatic heterocycles. The third kappa shape index (κ3) is 4.22. The van der Waals surface area contributed by atoms with Crippen LogP contribution < -0.4 is 10.5 Å². The number of aromatic hydroxyl groups is 1. The van der Waals surface area contributed by atoms with E-state index in [4.69, 9.17) is 10.5 Å². The number of allylic oxidation sites excluding steroid dienone is 3. The summed E-state index contributed by atoms with van der Waals surface area (Å²) in [7, 11) is 1.54. The monoisotopic (exact) mass is 349 g/mol. The van der Waals surface area contributed by atoms with Crippen LogP contribution in [0.1, 0.15) is 27.0 Å². The molecule has 0 aliphatic carbocycles. The van der Waals surface area contributed by atoms with E-state index >= 15 is 0 Å². The van der Waals surface area contributed by atoms with Gasteiger partial charge in [0.15, 0.2) is 5.78 Å². The van der Waals surface area contributed by atoms with Crippen molar-refractivity contribution < 1.29 is 14.6 Å². The number of phenolic OH excluding ortho intramolecular Hbond substituents is 1. The van der Waals surface area contributed by atoms with Gasteiger partial charge in [0.05, 0.1) is 7.11 Å². The zero-order chi connectivity index (χ0) is 19.1. The Morgan fingerprint density at radius 2 is 1.85 bits per heavy atom. The van der Waals surface area contributed by atoms with E-state index in [0.29, 0.717) is 41.0 Å². The van der Waals surface area contributed by atoms with Gasteiger partial charge in [-0.1, -0.05) is 12.2 Å². The third-order valence-electron chi connectivity index (χ3n) is 3.98. The molecule has 0 saturated carbocycles. The summed E-state index contributed by atoms with van der Waals surface area (Å²) < 4.78 is 5.48. The summed E-state index contributed by atoms with van der Waals surface area (Å²) in [5.41, 5.74) is 8.87. The molecule has 26 heavy (non-hydrogen) atoms. The quantitative estimate of drug-likeness (QED) is 0.322. The van der Waals surface area contributed by atoms with Gasteiger partial charge >= 0.3 is 0 Å². The minimum Gasteiger partial charge on any atom is -0.507 e. The van der Waals surface area contributed by atoms with Gasteiger partial charge in [0.1, 0.15) is 11.5 Å². The number of anilines is 1. The topological polar surface area (TPSA) is 72.6 Å². The van der Waals surface area contributed by atoms with Crippen molar-refractivity contribution in [3.63, 3.8) is 0 Å². The van der Waals surface area contributed by atoms with E-state index in [1.165, 1.54) is 13.2 Å². The van der Waals surface area contributed by atoms with E-state index in [1.54, 1.807) is 48.6 Å². The maximum absolute atomic E-state index is 12.4. The van der Waals surface area contributed by atoms with Gasteiger partial charge in [-0.2, -0.15) is 0 Å². The molecule has 4 heteroatoms. The number of methoxy groups -OCH3 is 1. The van der Waals surface area contributed by atoms with Crippen LogP contribution in [0.3, 0.4) is 0 Å². The third-order valence-corrected chi connectivity index (χ3v) is 3.98. The second kappa shape index (κ2) is 8.72. The molecule has 0 atom stereocenters. The highest BCUT2D eigenvalue weighted by Gasteiger charge is 2.16. The minimum atomic E-state index is -0.143. The highest BCUT2D eigenvalue weighted by Crippen LogP contribution is 2.37. The minimum absolute atomic E-state index is 0.143. The highest BCUT2D eigenvalue weighted by atomic mass is 16.5. The van der Waals surface area contributed by atoms with E-state index in [2.05, 4.69) is 13.2 Å². The lowest BCUT2D eigenvalue weighted by Gasteiger charge is -2.15. The molecule has 0 heterocycles. The van der Waals surface area contributed by atoms with Crippen LogP contribution in [0.15, 0.2) is 61.7 Å². The lowest BCUT2D eigenvalue weighted by atomic mass is 9.97. The average Bonchev–Trinajstić information content (AvgIpc) is 2.64. The lowest BCUT2D eigenvalue weighted by molar-refractivity contribution is 0.104. The number of hydrogen-bond donors (Lipinski definition) is 2. The largest absolute Gasteiger partial charge is 0.507 e. The standard InChI is InChI=1S/C22H23NO3/c1-4-6-16-14-17(22(26-3)19(7-5-2)21(16)25)10-13-20(24)15-8-11-18(23)12-9-15/h4-5,8-14,25H,1-2,6-7,23H2,3H3. The van der Waals surface area contributed by atoms with Crippen molar-refractivity contribution in [3.8, 4) is 11.5 Å². The molecule has 0 saturated heterocycles. The van der Waals surface area contributed by atoms with Crippen LogP contribution in [0, 0.1) is 0 Å². The molecule has 0 aliphatic rings. The van der Waals surface area contributed by atoms with Gasteiger partial charge in [0, 0.05) is 22.4 Å². The van der Waals surface area contributed by atoms with Gasteiger partial charge < -0.3 is 15.6 Å². The molecule has 0 unspecified atom stereocenters. The molecule has 0 radical (unpaired) electrons. The Labute approximate surface area is 153 Å². The summed E-state index contributed by atoms with van der Waals surface area (Å²) in [6.07, 6.45) is 7.54. The van der Waals surface area contributed by atoms with Crippen molar-refractivity contribution in [1.82, 2.24) is 0 Å². The summed E-state index contributed by atoms with van der Waals surface area (Å²) in [4.78, 5) is 12.4. The number of rotatable bonds is 8. The molecule has 0 bridgehead atoms. The molecule has 4 nitrogen and oxygen atoms in total. The molecule has 2 aromatic carbocycles. The maximum Gasteiger partial charge on any atom is 0.185 e. The number of phenols is 1. The molecular weight excluding hydrogens is 326 g/mol. The summed E-state index contributed by atoms with van der Waals surface area (Å²) in [5, 5.41) is 10.5. The average molecular weight is 349 g/mol. The van der Waals surface area contributed by atoms with Crippen LogP contribution >= 0.6 is 0 Å². The molecule has 2 rings (SSSR count). The molecule has 0 spiro atoms. The first kappa shape index (κ1) is 19.1. The first-order valence-corrected chi connectivity index (χ1v) is 8.23. The molecular formula is C22H23NO3. The number of carbonyl (C=O) groups excluding carboxylic acids is 1. The summed E-state index contributed by atoms with van der Waals surface area (Å²) >= 11 is 0. The fraction of sp³-hybridized carbons (Fsp3) is 0.136. The highest BCUT2D eigenvalue weighted by molar-refractivity contribution is 6.07. The zero-order valence-corrected chi connectivity index (χ0v) is 14.9. The van der Waals surface area contributed by atoms with E-state index in [1.807, 2.05) is 0 Å². The van der Waals surface area contributed by atoms with Crippen LogP contribution in [0.2, 0.25) is 0 Å². The molecule has 3 N–H and O–H groups in total. The number of ketones is 1. The van der Waals surface area contributed by atoms with Gasteiger partial charge in [-0.15, -0.1) is 13.2 Å². The van der Waals surface area contributed by atoms with Crippen LogP contribution in [0.25, 0.3) is 6.08 Å². The van der Waals surface area contributed by atoms with Crippen molar-refractivity contribution in [2.75, 3.05) is 12.8 Å². The predicted octanol–water partition coefficient (Wildman–Crippen LogP) is 4.34. The number of carbonyl (C=O) groups is 1. The van der Waals surface area contributed by atoms with Crippen LogP contribution in [-0.4, -0.2) is 18.0 Å². The normalized spacial score (nSPS) is 10.7. The van der Waals surface area contributed by atoms with Gasteiger partial charge in [-0.3, -0.25) is 4.79 Å². The van der Waals surface area contributed by atoms with Gasteiger partial charge in [0.2, 0.25) is 0 Å². The first-order chi connectivity index (χ1) is 12.5. The number of ether oxygens (including phenoxy) is 1. The maximum atomic E-state index is 12.4. The summed E-state index contributed by atoms with van der Waals surface area (Å²) in [5.74, 6) is 0.552. The van der Waals surface area contributed by atoms with E-state index < -0.39 is 0 Å². The van der Waals surface area contributed by atoms with Gasteiger partial charge in [0.25, 0.3) is 0 Å². The van der Waals surface area contributed by atoms with Crippen molar-refractivity contribution in [2.24, 2.45) is 0 Å². The van der Waals surface area contributed by atoms with Crippen LogP contribution in [0.4, 0.5) is 5.69 Å². The lowest BCUT2D eigenvalue weighted by Crippen LogP contribution is -1.99. The first-order valence-electron chi connectivity index (χ1n) is 8.23. The number of nitrogens with two attached hydrogens (primary N) is 1. The second-order valence-corrected chi connectivity index (χ2v) is 5.79. The fourth-order valence-corrected chi connectivity index (χ4v) is 2.72. The van der Waals surface area contributed by atoms with Crippen molar-refractivity contribution >= 4 is 17.5 Å².